The second-order valence-electron chi connectivity index (χ2n) is 5.22. The number of alkyl halides is 3. The zero-order valence-corrected chi connectivity index (χ0v) is 13.8. The molecule has 0 aliphatic heterocycles. The molecule has 0 bridgehead atoms. The molecule has 8 heteroatoms. The molecule has 2 rings (SSSR count). The number of hydrogen-bond donors (Lipinski definition) is 1. The first-order chi connectivity index (χ1) is 11.1. The van der Waals surface area contributed by atoms with Crippen molar-refractivity contribution in [3.63, 3.8) is 0 Å². The number of hydrogen-bond acceptors (Lipinski definition) is 3. The molecule has 0 spiro atoms. The molecule has 0 aliphatic rings. The van der Waals surface area contributed by atoms with Gasteiger partial charge in [0.15, 0.2) is 0 Å². The second-order valence-corrected chi connectivity index (χ2v) is 6.93. The van der Waals surface area contributed by atoms with Gasteiger partial charge in [-0.3, -0.25) is 0 Å². The largest absolute Gasteiger partial charge is 0.573 e. The minimum Gasteiger partial charge on any atom is -0.406 e. The molecular weight excluding hydrogens is 343 g/mol. The van der Waals surface area contributed by atoms with Crippen LogP contribution in [-0.2, 0) is 10.0 Å². The lowest BCUT2D eigenvalue weighted by Gasteiger charge is -2.17. The molecule has 0 aliphatic carbocycles. The minimum atomic E-state index is -4.82. The Kier molecular flexibility index (Phi) is 5.19. The van der Waals surface area contributed by atoms with Crippen molar-refractivity contribution in [3.8, 4) is 5.75 Å². The first kappa shape index (κ1) is 18.3. The fourth-order valence-corrected chi connectivity index (χ4v) is 3.48. The molecule has 130 valence electrons. The molecule has 2 aromatic carbocycles. The third-order valence-electron chi connectivity index (χ3n) is 3.35. The third kappa shape index (κ3) is 4.72. The number of rotatable bonds is 5. The van der Waals surface area contributed by atoms with Gasteiger partial charge in [-0.1, -0.05) is 24.3 Å². The summed E-state index contributed by atoms with van der Waals surface area (Å²) in [6.45, 7) is 3.56. The van der Waals surface area contributed by atoms with Crippen LogP contribution in [-0.4, -0.2) is 14.8 Å². The van der Waals surface area contributed by atoms with Gasteiger partial charge in [0.25, 0.3) is 0 Å². The SMILES string of the molecule is Cc1ccccc1C(C)NS(=O)(=O)c1ccc(OC(F)(F)F)cc1. The normalized spacial score (nSPS) is 13.5. The van der Waals surface area contributed by atoms with Crippen LogP contribution in [0.15, 0.2) is 53.4 Å². The average molecular weight is 359 g/mol. The summed E-state index contributed by atoms with van der Waals surface area (Å²) in [5.41, 5.74) is 1.75. The maximum absolute atomic E-state index is 12.3. The van der Waals surface area contributed by atoms with Crippen molar-refractivity contribution in [2.75, 3.05) is 0 Å². The van der Waals surface area contributed by atoms with Crippen LogP contribution < -0.4 is 9.46 Å². The van der Waals surface area contributed by atoms with Crippen LogP contribution in [0.5, 0.6) is 5.75 Å². The van der Waals surface area contributed by atoms with Crippen LogP contribution in [0.3, 0.4) is 0 Å². The fourth-order valence-electron chi connectivity index (χ4n) is 2.26. The van der Waals surface area contributed by atoms with Gasteiger partial charge in [0, 0.05) is 6.04 Å². The van der Waals surface area contributed by atoms with E-state index in [0.717, 1.165) is 35.4 Å². The van der Waals surface area contributed by atoms with Gasteiger partial charge in [-0.25, -0.2) is 13.1 Å². The average Bonchev–Trinajstić information content (AvgIpc) is 2.46. The highest BCUT2D eigenvalue weighted by molar-refractivity contribution is 7.89. The molecule has 1 atom stereocenters. The van der Waals surface area contributed by atoms with Crippen LogP contribution in [0.25, 0.3) is 0 Å². The van der Waals surface area contributed by atoms with E-state index in [1.807, 2.05) is 25.1 Å². The number of ether oxygens (including phenoxy) is 1. The maximum atomic E-state index is 12.3. The monoisotopic (exact) mass is 359 g/mol. The molecule has 0 aromatic heterocycles. The highest BCUT2D eigenvalue weighted by Gasteiger charge is 2.31. The molecule has 0 saturated carbocycles. The molecule has 1 unspecified atom stereocenters. The van der Waals surface area contributed by atoms with E-state index in [2.05, 4.69) is 9.46 Å². The van der Waals surface area contributed by atoms with Gasteiger partial charge < -0.3 is 4.74 Å². The fraction of sp³-hybridized carbons (Fsp3) is 0.250. The van der Waals surface area contributed by atoms with Crippen LogP contribution in [0, 0.1) is 6.92 Å². The predicted octanol–water partition coefficient (Wildman–Crippen LogP) is 3.93. The summed E-state index contributed by atoms with van der Waals surface area (Å²) in [5.74, 6) is -0.478. The Hall–Kier alpha value is -2.06. The number of halogens is 3. The summed E-state index contributed by atoms with van der Waals surface area (Å²) < 4.78 is 67.3. The first-order valence-corrected chi connectivity index (χ1v) is 8.50. The smallest absolute Gasteiger partial charge is 0.406 e. The van der Waals surface area contributed by atoms with Crippen LogP contribution in [0.4, 0.5) is 13.2 Å². The zero-order chi connectivity index (χ0) is 18.0. The molecule has 0 heterocycles. The van der Waals surface area contributed by atoms with Gasteiger partial charge >= 0.3 is 6.36 Å². The number of sulfonamides is 1. The van der Waals surface area contributed by atoms with Crippen molar-refractivity contribution >= 4 is 10.0 Å². The van der Waals surface area contributed by atoms with Crippen molar-refractivity contribution in [2.24, 2.45) is 0 Å². The van der Waals surface area contributed by atoms with Crippen LogP contribution in [0.1, 0.15) is 24.1 Å². The van der Waals surface area contributed by atoms with Crippen molar-refractivity contribution < 1.29 is 26.3 Å². The summed E-state index contributed by atoms with van der Waals surface area (Å²) in [6, 6.07) is 10.9. The Labute approximate surface area is 138 Å². The van der Waals surface area contributed by atoms with E-state index in [1.54, 1.807) is 13.0 Å². The summed E-state index contributed by atoms with van der Waals surface area (Å²) in [5, 5.41) is 0. The maximum Gasteiger partial charge on any atom is 0.573 e. The Morgan fingerprint density at radius 1 is 1.04 bits per heavy atom. The summed E-state index contributed by atoms with van der Waals surface area (Å²) >= 11 is 0. The highest BCUT2D eigenvalue weighted by Crippen LogP contribution is 2.25. The summed E-state index contributed by atoms with van der Waals surface area (Å²) in [7, 11) is -3.87. The highest BCUT2D eigenvalue weighted by atomic mass is 32.2. The molecule has 24 heavy (non-hydrogen) atoms. The Morgan fingerprint density at radius 3 is 2.17 bits per heavy atom. The van der Waals surface area contributed by atoms with E-state index >= 15 is 0 Å². The first-order valence-electron chi connectivity index (χ1n) is 7.02. The van der Waals surface area contributed by atoms with E-state index in [-0.39, 0.29) is 4.90 Å². The molecular formula is C16H16F3NO3S. The van der Waals surface area contributed by atoms with Gasteiger partial charge in [-0.15, -0.1) is 13.2 Å². The van der Waals surface area contributed by atoms with E-state index in [9.17, 15) is 21.6 Å². The molecule has 0 radical (unpaired) electrons. The molecule has 1 N–H and O–H groups in total. The quantitative estimate of drug-likeness (QED) is 0.880. The van der Waals surface area contributed by atoms with Crippen molar-refractivity contribution in [3.05, 3.63) is 59.7 Å². The number of aryl methyl sites for hydroxylation is 1. The van der Waals surface area contributed by atoms with E-state index in [1.165, 1.54) is 0 Å². The lowest BCUT2D eigenvalue weighted by atomic mass is 10.0. The lowest BCUT2D eigenvalue weighted by Crippen LogP contribution is -2.27. The van der Waals surface area contributed by atoms with Gasteiger partial charge in [0.2, 0.25) is 10.0 Å². The van der Waals surface area contributed by atoms with Crippen molar-refractivity contribution in [1.29, 1.82) is 0 Å². The summed E-state index contributed by atoms with van der Waals surface area (Å²) in [4.78, 5) is -0.141. The molecule has 2 aromatic rings. The molecule has 0 saturated heterocycles. The van der Waals surface area contributed by atoms with E-state index in [0.29, 0.717) is 0 Å². The van der Waals surface area contributed by atoms with Gasteiger partial charge in [-0.2, -0.15) is 0 Å². The minimum absolute atomic E-state index is 0.141. The van der Waals surface area contributed by atoms with E-state index in [4.69, 9.17) is 0 Å². The second kappa shape index (κ2) is 6.82. The van der Waals surface area contributed by atoms with Gasteiger partial charge in [0.1, 0.15) is 5.75 Å². The molecule has 0 fully saturated rings. The van der Waals surface area contributed by atoms with E-state index < -0.39 is 28.2 Å². The standard InChI is InChI=1S/C16H16F3NO3S/c1-11-5-3-4-6-15(11)12(2)20-24(21,22)14-9-7-13(8-10-14)23-16(17,18)19/h3-10,12,20H,1-2H3. The summed E-state index contributed by atoms with van der Waals surface area (Å²) in [6.07, 6.45) is -4.82. The van der Waals surface area contributed by atoms with Gasteiger partial charge in [-0.05, 0) is 49.2 Å². The third-order valence-corrected chi connectivity index (χ3v) is 4.91. The number of benzene rings is 2. The molecule has 4 nitrogen and oxygen atoms in total. The zero-order valence-electron chi connectivity index (χ0n) is 13.0. The van der Waals surface area contributed by atoms with Crippen LogP contribution >= 0.6 is 0 Å². The Balaban J connectivity index is 2.17. The van der Waals surface area contributed by atoms with Gasteiger partial charge in [0.05, 0.1) is 4.90 Å². The van der Waals surface area contributed by atoms with Crippen molar-refractivity contribution in [2.45, 2.75) is 31.1 Å². The lowest BCUT2D eigenvalue weighted by molar-refractivity contribution is -0.274. The number of nitrogens with one attached hydrogen (secondary N) is 1. The van der Waals surface area contributed by atoms with Crippen molar-refractivity contribution in [1.82, 2.24) is 4.72 Å². The Bertz CT molecular complexity index is 802. The topological polar surface area (TPSA) is 55.4 Å². The predicted molar refractivity (Wildman–Crippen MR) is 83.0 cm³/mol. The van der Waals surface area contributed by atoms with Crippen LogP contribution in [0.2, 0.25) is 0 Å². The molecule has 0 amide bonds. The Morgan fingerprint density at radius 2 is 1.62 bits per heavy atom.